The van der Waals surface area contributed by atoms with Crippen LogP contribution in [0.25, 0.3) is 0 Å². The Labute approximate surface area is 87.2 Å². The van der Waals surface area contributed by atoms with Crippen LogP contribution in [0.5, 0.6) is 5.75 Å². The molecule has 0 aliphatic rings. The van der Waals surface area contributed by atoms with Gasteiger partial charge < -0.3 is 4.74 Å². The zero-order valence-corrected chi connectivity index (χ0v) is 8.77. The maximum Gasteiger partial charge on any atom is 0.180 e. The second-order valence-electron chi connectivity index (χ2n) is 1.76. The van der Waals surface area contributed by atoms with Gasteiger partial charge in [0.15, 0.2) is 4.30 Å². The molecule has 0 N–H and O–H groups in total. The summed E-state index contributed by atoms with van der Waals surface area (Å²) in [5.74, 6) is 0.910. The largest absolute Gasteiger partial charge is 0.497 e. The first kappa shape index (κ1) is 11.9. The molecule has 0 unspecified atom stereocenters. The fourth-order valence-corrected chi connectivity index (χ4v) is 0.557. The van der Waals surface area contributed by atoms with E-state index in [4.69, 9.17) is 39.5 Å². The van der Waals surface area contributed by atoms with Crippen molar-refractivity contribution in [2.24, 2.45) is 0 Å². The summed E-state index contributed by atoms with van der Waals surface area (Å²) in [7, 11) is 1.66. The van der Waals surface area contributed by atoms with E-state index in [9.17, 15) is 0 Å². The molecule has 0 amide bonds. The van der Waals surface area contributed by atoms with Gasteiger partial charge in [-0.15, -0.1) is 0 Å². The van der Waals surface area contributed by atoms with Crippen LogP contribution >= 0.6 is 34.8 Å². The average Bonchev–Trinajstić information content (AvgIpc) is 2.05. The molecule has 1 rings (SSSR count). The highest BCUT2D eigenvalue weighted by Gasteiger charge is 1.80. The number of alkyl halides is 3. The number of methoxy groups -OCH3 is 1. The van der Waals surface area contributed by atoms with E-state index >= 15 is 0 Å². The average molecular weight is 228 g/mol. The molecule has 1 aromatic carbocycles. The molecule has 0 heterocycles. The first-order chi connectivity index (χ1) is 5.66. The molecule has 1 nitrogen and oxygen atoms in total. The first-order valence-electron chi connectivity index (χ1n) is 3.18. The van der Waals surface area contributed by atoms with Crippen molar-refractivity contribution in [2.75, 3.05) is 7.11 Å². The van der Waals surface area contributed by atoms with Crippen LogP contribution < -0.4 is 4.74 Å². The lowest BCUT2D eigenvalue weighted by molar-refractivity contribution is 0.415. The van der Waals surface area contributed by atoms with E-state index in [0.29, 0.717) is 0 Å². The topological polar surface area (TPSA) is 9.23 Å². The summed E-state index contributed by atoms with van der Waals surface area (Å²) < 4.78 is 4.16. The number of hydrogen-bond acceptors (Lipinski definition) is 1. The lowest BCUT2D eigenvalue weighted by atomic mass is 10.3. The van der Waals surface area contributed by atoms with Crippen molar-refractivity contribution in [3.8, 4) is 5.75 Å². The summed E-state index contributed by atoms with van der Waals surface area (Å²) in [4.78, 5) is 0. The molecule has 0 aliphatic carbocycles. The monoisotopic (exact) mass is 226 g/mol. The Balaban J connectivity index is 0.000000261. The molecule has 0 bridgehead atoms. The van der Waals surface area contributed by atoms with E-state index in [-0.39, 0.29) is 0 Å². The molecule has 0 radical (unpaired) electrons. The van der Waals surface area contributed by atoms with Crippen LogP contribution in [-0.2, 0) is 0 Å². The van der Waals surface area contributed by atoms with E-state index in [0.717, 1.165) is 5.75 Å². The van der Waals surface area contributed by atoms with E-state index in [1.807, 2.05) is 30.3 Å². The van der Waals surface area contributed by atoms with E-state index < -0.39 is 4.30 Å². The Morgan fingerprint density at radius 2 is 1.50 bits per heavy atom. The lowest BCUT2D eigenvalue weighted by Crippen LogP contribution is -1.78. The van der Waals surface area contributed by atoms with Gasteiger partial charge in [-0.05, 0) is 12.1 Å². The molecule has 0 saturated heterocycles. The van der Waals surface area contributed by atoms with Gasteiger partial charge in [-0.1, -0.05) is 53.0 Å². The molecule has 0 saturated carbocycles. The van der Waals surface area contributed by atoms with Crippen molar-refractivity contribution in [1.29, 1.82) is 0 Å². The van der Waals surface area contributed by atoms with E-state index in [1.54, 1.807) is 7.11 Å². The molecule has 0 aromatic heterocycles. The Hall–Kier alpha value is -0.110. The minimum Gasteiger partial charge on any atom is -0.497 e. The number of hydrogen-bond donors (Lipinski definition) is 0. The van der Waals surface area contributed by atoms with Crippen molar-refractivity contribution in [2.45, 2.75) is 4.30 Å². The summed E-state index contributed by atoms with van der Waals surface area (Å²) in [6, 6.07) is 9.68. The van der Waals surface area contributed by atoms with E-state index in [1.165, 1.54) is 0 Å². The molecule has 0 spiro atoms. The summed E-state index contributed by atoms with van der Waals surface area (Å²) in [6.45, 7) is 0. The van der Waals surface area contributed by atoms with Gasteiger partial charge in [0.25, 0.3) is 0 Å². The van der Waals surface area contributed by atoms with Gasteiger partial charge in [0.2, 0.25) is 0 Å². The fourth-order valence-electron chi connectivity index (χ4n) is 0.557. The maximum absolute atomic E-state index is 4.91. The molecular formula is C8H9Cl3O. The van der Waals surface area contributed by atoms with Crippen LogP contribution in [0.3, 0.4) is 0 Å². The van der Waals surface area contributed by atoms with Crippen molar-refractivity contribution in [1.82, 2.24) is 0 Å². The minimum atomic E-state index is -0.750. The van der Waals surface area contributed by atoms with Gasteiger partial charge in [-0.25, -0.2) is 0 Å². The van der Waals surface area contributed by atoms with Crippen molar-refractivity contribution < 1.29 is 4.74 Å². The number of rotatable bonds is 1. The second-order valence-corrected chi connectivity index (χ2v) is 3.74. The molecule has 0 atom stereocenters. The van der Waals surface area contributed by atoms with Gasteiger partial charge in [-0.3, -0.25) is 0 Å². The van der Waals surface area contributed by atoms with Gasteiger partial charge in [0, 0.05) is 0 Å². The van der Waals surface area contributed by atoms with Crippen molar-refractivity contribution in [3.63, 3.8) is 0 Å². The molecule has 68 valence electrons. The number of para-hydroxylation sites is 1. The van der Waals surface area contributed by atoms with Gasteiger partial charge in [0.1, 0.15) is 5.75 Å². The highest BCUT2D eigenvalue weighted by Crippen LogP contribution is 2.05. The third-order valence-electron chi connectivity index (χ3n) is 0.979. The third kappa shape index (κ3) is 7.99. The summed E-state index contributed by atoms with van der Waals surface area (Å²) in [6.07, 6.45) is 0. The summed E-state index contributed by atoms with van der Waals surface area (Å²) in [5.41, 5.74) is 0. The zero-order chi connectivity index (χ0) is 9.40. The summed E-state index contributed by atoms with van der Waals surface area (Å²) >= 11 is 14.4. The van der Waals surface area contributed by atoms with Gasteiger partial charge >= 0.3 is 0 Å². The number of halogens is 3. The van der Waals surface area contributed by atoms with Crippen molar-refractivity contribution in [3.05, 3.63) is 30.3 Å². The normalized spacial score (nSPS) is 8.75. The number of ether oxygens (including phenoxy) is 1. The van der Waals surface area contributed by atoms with Crippen molar-refractivity contribution >= 4 is 34.8 Å². The molecule has 12 heavy (non-hydrogen) atoms. The third-order valence-corrected chi connectivity index (χ3v) is 0.979. The maximum atomic E-state index is 4.91. The Morgan fingerprint density at radius 1 is 1.08 bits per heavy atom. The smallest absolute Gasteiger partial charge is 0.180 e. The van der Waals surface area contributed by atoms with Crippen LogP contribution in [0.1, 0.15) is 0 Å². The van der Waals surface area contributed by atoms with E-state index in [2.05, 4.69) is 0 Å². The lowest BCUT2D eigenvalue weighted by Gasteiger charge is -1.93. The Morgan fingerprint density at radius 3 is 1.75 bits per heavy atom. The standard InChI is InChI=1S/C7H8O.CHCl3/c1-8-7-5-3-2-4-6-7;2-1(3)4/h2-6H,1H3;1H. The fraction of sp³-hybridized carbons (Fsp3) is 0.250. The van der Waals surface area contributed by atoms with Crippen LogP contribution in [0, 0.1) is 0 Å². The Kier molecular flexibility index (Phi) is 7.47. The van der Waals surface area contributed by atoms with Gasteiger partial charge in [-0.2, -0.15) is 0 Å². The molecule has 1 aromatic rings. The predicted octanol–water partition coefficient (Wildman–Crippen LogP) is 3.68. The quantitative estimate of drug-likeness (QED) is 0.665. The number of benzene rings is 1. The van der Waals surface area contributed by atoms with Gasteiger partial charge in [0.05, 0.1) is 7.11 Å². The second kappa shape index (κ2) is 7.53. The van der Waals surface area contributed by atoms with Crippen LogP contribution in [0.15, 0.2) is 30.3 Å². The van der Waals surface area contributed by atoms with Crippen LogP contribution in [0.2, 0.25) is 0 Å². The molecule has 0 fully saturated rings. The molecule has 0 aliphatic heterocycles. The molecular weight excluding hydrogens is 218 g/mol. The minimum absolute atomic E-state index is 0.750. The molecule has 4 heteroatoms. The van der Waals surface area contributed by atoms with Crippen LogP contribution in [0.4, 0.5) is 0 Å². The first-order valence-corrected chi connectivity index (χ1v) is 4.49. The SMILES string of the molecule is COc1ccccc1.ClC(Cl)Cl. The highest BCUT2D eigenvalue weighted by atomic mass is 35.6. The highest BCUT2D eigenvalue weighted by molar-refractivity contribution is 6.63. The summed E-state index contributed by atoms with van der Waals surface area (Å²) in [5, 5.41) is 0. The van der Waals surface area contributed by atoms with Crippen LogP contribution in [-0.4, -0.2) is 11.4 Å². The predicted molar refractivity (Wildman–Crippen MR) is 54.3 cm³/mol. The zero-order valence-electron chi connectivity index (χ0n) is 6.51. The Bertz CT molecular complexity index is 186.